The lowest BCUT2D eigenvalue weighted by atomic mass is 9.68. The molecule has 3 fully saturated rings. The monoisotopic (exact) mass is 207 g/mol. The van der Waals surface area contributed by atoms with Crippen molar-refractivity contribution in [1.82, 2.24) is 5.06 Å². The van der Waals surface area contributed by atoms with Crippen LogP contribution in [0.2, 0.25) is 0 Å². The Kier molecular flexibility index (Phi) is 1.54. The zero-order chi connectivity index (χ0) is 10.0. The van der Waals surface area contributed by atoms with Gasteiger partial charge in [0.2, 0.25) is 0 Å². The van der Waals surface area contributed by atoms with Crippen molar-refractivity contribution in [3.63, 3.8) is 0 Å². The average molecular weight is 207 g/mol. The lowest BCUT2D eigenvalue weighted by Gasteiger charge is -2.42. The molecule has 0 unspecified atom stereocenters. The van der Waals surface area contributed by atoms with Crippen molar-refractivity contribution >= 4 is 0 Å². The summed E-state index contributed by atoms with van der Waals surface area (Å²) in [6.45, 7) is 1.80. The first kappa shape index (κ1) is 8.74. The van der Waals surface area contributed by atoms with Crippen LogP contribution in [0.25, 0.3) is 0 Å². The summed E-state index contributed by atoms with van der Waals surface area (Å²) in [7, 11) is 2.09. The molecule has 4 aliphatic rings. The molecule has 15 heavy (non-hydrogen) atoms. The van der Waals surface area contributed by atoms with E-state index in [0.29, 0.717) is 24.0 Å². The first-order valence-corrected chi connectivity index (χ1v) is 5.98. The van der Waals surface area contributed by atoms with Crippen molar-refractivity contribution in [3.8, 4) is 0 Å². The van der Waals surface area contributed by atoms with Crippen LogP contribution < -0.4 is 0 Å². The molecule has 1 spiro atoms. The van der Waals surface area contributed by atoms with Gasteiger partial charge >= 0.3 is 0 Å². The van der Waals surface area contributed by atoms with Crippen LogP contribution in [-0.2, 0) is 9.57 Å². The summed E-state index contributed by atoms with van der Waals surface area (Å²) in [5.74, 6) is 1.34. The Morgan fingerprint density at radius 2 is 2.33 bits per heavy atom. The first-order chi connectivity index (χ1) is 7.32. The van der Waals surface area contributed by atoms with Gasteiger partial charge in [0.25, 0.3) is 0 Å². The minimum Gasteiger partial charge on any atom is -0.381 e. The second-order valence-electron chi connectivity index (χ2n) is 5.43. The van der Waals surface area contributed by atoms with Crippen molar-refractivity contribution in [3.05, 3.63) is 12.2 Å². The summed E-state index contributed by atoms with van der Waals surface area (Å²) in [6.07, 6.45) is 7.57. The third kappa shape index (κ3) is 0.846. The largest absolute Gasteiger partial charge is 0.381 e. The zero-order valence-corrected chi connectivity index (χ0v) is 9.06. The van der Waals surface area contributed by atoms with Crippen LogP contribution in [-0.4, -0.2) is 37.5 Å². The van der Waals surface area contributed by atoms with Gasteiger partial charge in [0, 0.05) is 31.0 Å². The standard InChI is InChI=1S/C12H17NO2/c1-13-10-4-5-14-7-12(10)9-3-2-8(6-9)11(12)15-13/h2-3,8-11H,4-7H2,1H3/t8-,9+,10+,11+,12+/m0/s1. The van der Waals surface area contributed by atoms with Crippen molar-refractivity contribution in [2.75, 3.05) is 20.3 Å². The van der Waals surface area contributed by atoms with Crippen molar-refractivity contribution < 1.29 is 9.57 Å². The summed E-state index contributed by atoms with van der Waals surface area (Å²) in [5, 5.41) is 2.11. The second-order valence-corrected chi connectivity index (χ2v) is 5.43. The lowest BCUT2D eigenvalue weighted by Crippen LogP contribution is -2.51. The molecule has 2 aliphatic heterocycles. The quantitative estimate of drug-likeness (QED) is 0.557. The van der Waals surface area contributed by atoms with E-state index < -0.39 is 0 Å². The zero-order valence-electron chi connectivity index (χ0n) is 9.06. The fraction of sp³-hybridized carbons (Fsp3) is 0.833. The molecule has 1 saturated carbocycles. The minimum atomic E-state index is 0.284. The topological polar surface area (TPSA) is 21.7 Å². The maximum atomic E-state index is 6.06. The number of fused-ring (bicyclic) bond motifs is 3. The molecule has 5 atom stereocenters. The summed E-state index contributed by atoms with van der Waals surface area (Å²) < 4.78 is 5.75. The average Bonchev–Trinajstić information content (AvgIpc) is 2.88. The Bertz CT molecular complexity index is 330. The van der Waals surface area contributed by atoms with Gasteiger partial charge in [-0.15, -0.1) is 0 Å². The van der Waals surface area contributed by atoms with E-state index in [-0.39, 0.29) is 5.41 Å². The Labute approximate surface area is 90.0 Å². The van der Waals surface area contributed by atoms with Gasteiger partial charge < -0.3 is 4.74 Å². The van der Waals surface area contributed by atoms with Gasteiger partial charge in [-0.1, -0.05) is 12.2 Å². The van der Waals surface area contributed by atoms with Gasteiger partial charge in [-0.05, 0) is 18.8 Å². The number of ether oxygens (including phenoxy) is 1. The number of nitrogens with zero attached hydrogens (tertiary/aromatic N) is 1. The third-order valence-electron chi connectivity index (χ3n) is 4.95. The van der Waals surface area contributed by atoms with Crippen LogP contribution >= 0.6 is 0 Å². The van der Waals surface area contributed by atoms with Gasteiger partial charge in [-0.2, -0.15) is 5.06 Å². The number of hydrogen-bond acceptors (Lipinski definition) is 3. The minimum absolute atomic E-state index is 0.284. The third-order valence-corrected chi connectivity index (χ3v) is 4.95. The number of rotatable bonds is 0. The van der Waals surface area contributed by atoms with E-state index in [1.54, 1.807) is 0 Å². The Hall–Kier alpha value is -0.380. The van der Waals surface area contributed by atoms with Crippen LogP contribution in [0.5, 0.6) is 0 Å². The maximum absolute atomic E-state index is 6.06. The summed E-state index contributed by atoms with van der Waals surface area (Å²) >= 11 is 0. The Balaban J connectivity index is 1.82. The van der Waals surface area contributed by atoms with E-state index in [1.165, 1.54) is 6.42 Å². The molecule has 3 nitrogen and oxygen atoms in total. The molecule has 2 bridgehead atoms. The van der Waals surface area contributed by atoms with Gasteiger partial charge in [0.05, 0.1) is 12.7 Å². The predicted molar refractivity (Wildman–Crippen MR) is 55.0 cm³/mol. The summed E-state index contributed by atoms with van der Waals surface area (Å²) in [6, 6.07) is 0.580. The van der Waals surface area contributed by atoms with Gasteiger partial charge in [0.15, 0.2) is 0 Å². The SMILES string of the molecule is CN1O[C@@H]2[C@H]3C=C[C@H](C3)[C@@]23COCC[C@@H]13. The second kappa shape index (κ2) is 2.65. The van der Waals surface area contributed by atoms with E-state index in [1.807, 2.05) is 0 Å². The highest BCUT2D eigenvalue weighted by Gasteiger charge is 2.66. The Morgan fingerprint density at radius 1 is 1.40 bits per heavy atom. The molecule has 82 valence electrons. The maximum Gasteiger partial charge on any atom is 0.0955 e. The normalized spacial score (nSPS) is 57.1. The molecule has 0 aromatic carbocycles. The summed E-state index contributed by atoms with van der Waals surface area (Å²) in [5.41, 5.74) is 0.284. The van der Waals surface area contributed by atoms with Crippen molar-refractivity contribution in [1.29, 1.82) is 0 Å². The van der Waals surface area contributed by atoms with Gasteiger partial charge in [-0.3, -0.25) is 4.84 Å². The van der Waals surface area contributed by atoms with Gasteiger partial charge in [-0.25, -0.2) is 0 Å². The smallest absolute Gasteiger partial charge is 0.0955 e. The van der Waals surface area contributed by atoms with Gasteiger partial charge in [0.1, 0.15) is 0 Å². The number of hydroxylamine groups is 2. The molecular formula is C12H17NO2. The highest BCUT2D eigenvalue weighted by atomic mass is 16.7. The fourth-order valence-electron chi connectivity index (χ4n) is 4.34. The van der Waals surface area contributed by atoms with E-state index in [0.717, 1.165) is 19.6 Å². The molecule has 2 heterocycles. The molecule has 0 N–H and O–H groups in total. The van der Waals surface area contributed by atoms with E-state index in [2.05, 4.69) is 24.3 Å². The highest BCUT2D eigenvalue weighted by molar-refractivity contribution is 5.25. The molecule has 3 heteroatoms. The van der Waals surface area contributed by atoms with Crippen molar-refractivity contribution in [2.45, 2.75) is 25.0 Å². The van der Waals surface area contributed by atoms with Crippen LogP contribution in [0.15, 0.2) is 12.2 Å². The molecule has 2 aliphatic carbocycles. The van der Waals surface area contributed by atoms with E-state index in [4.69, 9.17) is 9.57 Å². The number of hydrogen-bond donors (Lipinski definition) is 0. The molecule has 0 radical (unpaired) electrons. The molecule has 2 saturated heterocycles. The van der Waals surface area contributed by atoms with E-state index in [9.17, 15) is 0 Å². The van der Waals surface area contributed by atoms with Crippen LogP contribution in [0.3, 0.4) is 0 Å². The summed E-state index contributed by atoms with van der Waals surface area (Å²) in [4.78, 5) is 6.06. The first-order valence-electron chi connectivity index (χ1n) is 5.98. The molecule has 0 aromatic rings. The molecule has 4 rings (SSSR count). The molecular weight excluding hydrogens is 190 g/mol. The fourth-order valence-corrected chi connectivity index (χ4v) is 4.34. The van der Waals surface area contributed by atoms with Crippen molar-refractivity contribution in [2.24, 2.45) is 17.3 Å². The lowest BCUT2D eigenvalue weighted by molar-refractivity contribution is -0.152. The molecule has 0 amide bonds. The molecule has 0 aromatic heterocycles. The van der Waals surface area contributed by atoms with Crippen LogP contribution in [0.4, 0.5) is 0 Å². The van der Waals surface area contributed by atoms with Crippen LogP contribution in [0.1, 0.15) is 12.8 Å². The van der Waals surface area contributed by atoms with Crippen LogP contribution in [0, 0.1) is 17.3 Å². The Morgan fingerprint density at radius 3 is 3.27 bits per heavy atom. The number of allylic oxidation sites excluding steroid dienone is 1. The highest BCUT2D eigenvalue weighted by Crippen LogP contribution is 2.61. The van der Waals surface area contributed by atoms with E-state index >= 15 is 0 Å². The predicted octanol–water partition coefficient (Wildman–Crippen LogP) is 1.21.